The van der Waals surface area contributed by atoms with Gasteiger partial charge in [-0.2, -0.15) is 0 Å². The Hall–Kier alpha value is -3.15. The number of hydrogen-bond acceptors (Lipinski definition) is 3. The van der Waals surface area contributed by atoms with E-state index in [1.54, 1.807) is 24.3 Å². The van der Waals surface area contributed by atoms with E-state index in [4.69, 9.17) is 5.11 Å². The number of aliphatic carboxylic acids is 1. The number of benzene rings is 2. The Bertz CT molecular complexity index is 789. The zero-order valence-corrected chi connectivity index (χ0v) is 12.8. The summed E-state index contributed by atoms with van der Waals surface area (Å²) in [5, 5.41) is 11.9. The van der Waals surface area contributed by atoms with E-state index >= 15 is 0 Å². The van der Waals surface area contributed by atoms with Gasteiger partial charge in [0.25, 0.3) is 5.91 Å². The van der Waals surface area contributed by atoms with Gasteiger partial charge in [-0.1, -0.05) is 42.5 Å². The highest BCUT2D eigenvalue weighted by Crippen LogP contribution is 2.24. The monoisotopic (exact) mass is 324 g/mol. The van der Waals surface area contributed by atoms with E-state index in [2.05, 4.69) is 5.32 Å². The molecular weight excluding hydrogens is 308 g/mol. The van der Waals surface area contributed by atoms with Gasteiger partial charge < -0.3 is 10.4 Å². The van der Waals surface area contributed by atoms with Crippen LogP contribution in [0.4, 0.5) is 5.69 Å². The molecule has 1 aliphatic heterocycles. The maximum Gasteiger partial charge on any atom is 0.323 e. The van der Waals surface area contributed by atoms with E-state index in [1.807, 2.05) is 30.3 Å². The molecule has 2 N–H and O–H groups in total. The van der Waals surface area contributed by atoms with Crippen molar-refractivity contribution in [3.05, 3.63) is 65.7 Å². The molecule has 2 amide bonds. The number of rotatable bonds is 4. The number of carbonyl (C=O) groups excluding carboxylic acids is 2. The van der Waals surface area contributed by atoms with Crippen molar-refractivity contribution in [3.63, 3.8) is 0 Å². The van der Waals surface area contributed by atoms with Crippen LogP contribution in [0, 0.1) is 0 Å². The lowest BCUT2D eigenvalue weighted by atomic mass is 10.0. The standard InChI is InChI=1S/C18H16N2O4/c21-16(22)11-20-15-9-5-4-8-13(15)17(23)19-14(18(20)24)10-12-6-2-1-3-7-12/h1-9,14H,10-11H2,(H,19,23)(H,21,22)/t14-/m1/s1. The molecule has 0 fully saturated rings. The van der Waals surface area contributed by atoms with Gasteiger partial charge in [0.2, 0.25) is 5.91 Å². The van der Waals surface area contributed by atoms with E-state index in [9.17, 15) is 14.4 Å². The van der Waals surface area contributed by atoms with Gasteiger partial charge in [0.15, 0.2) is 0 Å². The van der Waals surface area contributed by atoms with Crippen LogP contribution in [0.25, 0.3) is 0 Å². The minimum Gasteiger partial charge on any atom is -0.480 e. The molecule has 122 valence electrons. The van der Waals surface area contributed by atoms with Crippen LogP contribution in [0.1, 0.15) is 15.9 Å². The summed E-state index contributed by atoms with van der Waals surface area (Å²) < 4.78 is 0. The highest BCUT2D eigenvalue weighted by molar-refractivity contribution is 6.12. The molecule has 1 atom stereocenters. The van der Waals surface area contributed by atoms with E-state index in [1.165, 1.54) is 0 Å². The molecule has 24 heavy (non-hydrogen) atoms. The first kappa shape index (κ1) is 15.7. The average molecular weight is 324 g/mol. The Labute approximate surface area is 138 Å². The molecule has 0 aliphatic carbocycles. The predicted molar refractivity (Wildman–Crippen MR) is 87.8 cm³/mol. The quantitative estimate of drug-likeness (QED) is 0.891. The summed E-state index contributed by atoms with van der Waals surface area (Å²) in [4.78, 5) is 37.6. The van der Waals surface area contributed by atoms with Crippen LogP contribution >= 0.6 is 0 Å². The van der Waals surface area contributed by atoms with Crippen molar-refractivity contribution in [1.29, 1.82) is 0 Å². The lowest BCUT2D eigenvalue weighted by Gasteiger charge is -2.23. The summed E-state index contributed by atoms with van der Waals surface area (Å²) >= 11 is 0. The number of nitrogens with one attached hydrogen (secondary N) is 1. The number of fused-ring (bicyclic) bond motifs is 1. The van der Waals surface area contributed by atoms with Crippen LogP contribution < -0.4 is 10.2 Å². The molecular formula is C18H16N2O4. The fourth-order valence-electron chi connectivity index (χ4n) is 2.79. The smallest absolute Gasteiger partial charge is 0.323 e. The highest BCUT2D eigenvalue weighted by atomic mass is 16.4. The second-order valence-corrected chi connectivity index (χ2v) is 5.55. The summed E-state index contributed by atoms with van der Waals surface area (Å²) in [5.74, 6) is -1.95. The molecule has 1 heterocycles. The van der Waals surface area contributed by atoms with E-state index in [0.717, 1.165) is 10.5 Å². The molecule has 0 radical (unpaired) electrons. The zero-order chi connectivity index (χ0) is 17.1. The number of anilines is 1. The SMILES string of the molecule is O=C(O)CN1C(=O)[C@@H](Cc2ccccc2)NC(=O)c2ccccc21. The van der Waals surface area contributed by atoms with E-state index in [-0.39, 0.29) is 5.91 Å². The average Bonchev–Trinajstić information content (AvgIpc) is 2.67. The Kier molecular flexibility index (Phi) is 4.29. The van der Waals surface area contributed by atoms with Gasteiger partial charge in [0.1, 0.15) is 12.6 Å². The molecule has 1 aliphatic rings. The predicted octanol–water partition coefficient (Wildman–Crippen LogP) is 1.46. The van der Waals surface area contributed by atoms with Gasteiger partial charge in [-0.05, 0) is 17.7 Å². The normalized spacial score (nSPS) is 17.0. The Morgan fingerprint density at radius 1 is 1.04 bits per heavy atom. The Morgan fingerprint density at radius 2 is 1.71 bits per heavy atom. The molecule has 0 saturated carbocycles. The second-order valence-electron chi connectivity index (χ2n) is 5.55. The Balaban J connectivity index is 1.98. The van der Waals surface area contributed by atoms with E-state index in [0.29, 0.717) is 17.7 Å². The maximum atomic E-state index is 12.8. The summed E-state index contributed by atoms with van der Waals surface area (Å²) in [7, 11) is 0. The fraction of sp³-hybridized carbons (Fsp3) is 0.167. The van der Waals surface area contributed by atoms with Crippen molar-refractivity contribution in [2.75, 3.05) is 11.4 Å². The third-order valence-corrected chi connectivity index (χ3v) is 3.88. The third-order valence-electron chi connectivity index (χ3n) is 3.88. The minimum atomic E-state index is -1.13. The van der Waals surface area contributed by atoms with Gasteiger partial charge in [0.05, 0.1) is 11.3 Å². The van der Waals surface area contributed by atoms with Crippen LogP contribution in [0.15, 0.2) is 54.6 Å². The maximum absolute atomic E-state index is 12.8. The number of carbonyl (C=O) groups is 3. The third kappa shape index (κ3) is 3.12. The van der Waals surface area contributed by atoms with Crippen LogP contribution in [0.2, 0.25) is 0 Å². The topological polar surface area (TPSA) is 86.7 Å². The lowest BCUT2D eigenvalue weighted by molar-refractivity contribution is -0.136. The summed E-state index contributed by atoms with van der Waals surface area (Å²) in [6, 6.07) is 15.0. The highest BCUT2D eigenvalue weighted by Gasteiger charge is 2.34. The van der Waals surface area contributed by atoms with Gasteiger partial charge in [-0.25, -0.2) is 0 Å². The first-order valence-electron chi connectivity index (χ1n) is 7.53. The number of para-hydroxylation sites is 1. The minimum absolute atomic E-state index is 0.294. The van der Waals surface area contributed by atoms with E-state index < -0.39 is 24.5 Å². The molecule has 3 rings (SSSR count). The first-order chi connectivity index (χ1) is 11.6. The van der Waals surface area contributed by atoms with Crippen LogP contribution in [0.5, 0.6) is 0 Å². The van der Waals surface area contributed by atoms with Crippen molar-refractivity contribution < 1.29 is 19.5 Å². The van der Waals surface area contributed by atoms with Crippen molar-refractivity contribution in [3.8, 4) is 0 Å². The van der Waals surface area contributed by atoms with Gasteiger partial charge in [0, 0.05) is 6.42 Å². The largest absolute Gasteiger partial charge is 0.480 e. The number of hydrogen-bond donors (Lipinski definition) is 2. The van der Waals surface area contributed by atoms with Gasteiger partial charge in [-0.3, -0.25) is 19.3 Å². The Morgan fingerprint density at radius 3 is 2.42 bits per heavy atom. The molecule has 0 unspecified atom stereocenters. The van der Waals surface area contributed by atoms with Crippen molar-refractivity contribution in [2.45, 2.75) is 12.5 Å². The molecule has 0 saturated heterocycles. The number of carboxylic acids is 1. The van der Waals surface area contributed by atoms with Crippen molar-refractivity contribution >= 4 is 23.5 Å². The lowest BCUT2D eigenvalue weighted by Crippen LogP contribution is -2.48. The zero-order valence-electron chi connectivity index (χ0n) is 12.8. The van der Waals surface area contributed by atoms with Crippen molar-refractivity contribution in [2.24, 2.45) is 0 Å². The molecule has 6 heteroatoms. The molecule has 6 nitrogen and oxygen atoms in total. The number of amides is 2. The molecule has 0 bridgehead atoms. The fourth-order valence-corrected chi connectivity index (χ4v) is 2.79. The molecule has 2 aromatic rings. The molecule has 2 aromatic carbocycles. The summed E-state index contributed by atoms with van der Waals surface area (Å²) in [5.41, 5.74) is 1.50. The van der Waals surface area contributed by atoms with Crippen LogP contribution in [-0.4, -0.2) is 35.5 Å². The van der Waals surface area contributed by atoms with Crippen LogP contribution in [0.3, 0.4) is 0 Å². The second kappa shape index (κ2) is 6.54. The number of carboxylic acid groups (broad SMARTS) is 1. The van der Waals surface area contributed by atoms with Crippen LogP contribution in [-0.2, 0) is 16.0 Å². The van der Waals surface area contributed by atoms with Gasteiger partial charge >= 0.3 is 5.97 Å². The van der Waals surface area contributed by atoms with Crippen molar-refractivity contribution in [1.82, 2.24) is 5.32 Å². The first-order valence-corrected chi connectivity index (χ1v) is 7.53. The summed E-state index contributed by atoms with van der Waals surface area (Å²) in [6.45, 7) is -0.490. The molecule has 0 aromatic heterocycles. The summed E-state index contributed by atoms with van der Waals surface area (Å²) in [6.07, 6.45) is 0.301. The molecule has 0 spiro atoms. The number of nitrogens with zero attached hydrogens (tertiary/aromatic N) is 1. The van der Waals surface area contributed by atoms with Gasteiger partial charge in [-0.15, -0.1) is 0 Å².